The lowest BCUT2D eigenvalue weighted by atomic mass is 10.0. The van der Waals surface area contributed by atoms with E-state index in [2.05, 4.69) is 31.4 Å². The minimum absolute atomic E-state index is 0.408. The highest BCUT2D eigenvalue weighted by Gasteiger charge is 2.36. The van der Waals surface area contributed by atoms with Crippen molar-refractivity contribution < 1.29 is 0 Å². The summed E-state index contributed by atoms with van der Waals surface area (Å²) in [6, 6.07) is 0. The minimum Gasteiger partial charge on any atom is -0.103 e. The number of unbranched alkanes of at least 4 members (excludes halogenated alkanes) is 8. The van der Waals surface area contributed by atoms with Crippen LogP contribution in [-0.2, 0) is 0 Å². The molecule has 0 aromatic rings. The second-order valence-corrected chi connectivity index (χ2v) is 5.68. The predicted molar refractivity (Wildman–Crippen MR) is 82.8 cm³/mol. The fourth-order valence-corrected chi connectivity index (χ4v) is 2.34. The average Bonchev–Trinajstić information content (AvgIpc) is 3.17. The Balaban J connectivity index is 1.81. The molecular weight excluding hydrogens is 216 g/mol. The molecule has 102 valence electrons. The third-order valence-electron chi connectivity index (χ3n) is 3.96. The Kier molecular flexibility index (Phi) is 7.80. The van der Waals surface area contributed by atoms with E-state index in [4.69, 9.17) is 0 Å². The monoisotopic (exact) mass is 246 g/mol. The van der Waals surface area contributed by atoms with Crippen LogP contribution in [0.2, 0.25) is 0 Å². The van der Waals surface area contributed by atoms with Gasteiger partial charge in [-0.2, -0.15) is 0 Å². The Hall–Kier alpha value is -0.780. The Morgan fingerprint density at radius 3 is 1.83 bits per heavy atom. The molecule has 1 aliphatic carbocycles. The molecule has 18 heavy (non-hydrogen) atoms. The quantitative estimate of drug-likeness (QED) is 0.284. The predicted octanol–water partition coefficient (Wildman–Crippen LogP) is 6.21. The first-order valence-electron chi connectivity index (χ1n) is 7.75. The minimum atomic E-state index is 0.408. The lowest BCUT2D eigenvalue weighted by molar-refractivity contribution is 0.583. The van der Waals surface area contributed by atoms with Crippen LogP contribution in [0.5, 0.6) is 0 Å². The van der Waals surface area contributed by atoms with E-state index < -0.39 is 0 Å². The molecule has 1 fully saturated rings. The van der Waals surface area contributed by atoms with Gasteiger partial charge in [0.15, 0.2) is 0 Å². The number of allylic oxidation sites excluding steroid dienone is 4. The fraction of sp³-hybridized carbons (Fsp3) is 0.667. The zero-order chi connectivity index (χ0) is 13.1. The Morgan fingerprint density at radius 2 is 1.33 bits per heavy atom. The molecule has 0 unspecified atom stereocenters. The zero-order valence-corrected chi connectivity index (χ0v) is 12.0. The summed E-state index contributed by atoms with van der Waals surface area (Å²) in [5, 5.41) is 0. The summed E-state index contributed by atoms with van der Waals surface area (Å²) in [6.45, 7) is 7.66. The van der Waals surface area contributed by atoms with E-state index in [1.54, 1.807) is 0 Å². The van der Waals surface area contributed by atoms with Crippen molar-refractivity contribution in [3.05, 3.63) is 37.5 Å². The molecule has 0 spiro atoms. The molecule has 0 N–H and O–H groups in total. The van der Waals surface area contributed by atoms with E-state index in [-0.39, 0.29) is 0 Å². The molecule has 0 atom stereocenters. The summed E-state index contributed by atoms with van der Waals surface area (Å²) in [5.74, 6) is 0. The standard InChI is InChI=1S/C18H30/c1-3-5-6-7-8-9-10-11-12-13-14-15-18(4-2)16-17-18/h3-4,14-15H,1-2,5-13,16-17H2. The van der Waals surface area contributed by atoms with E-state index in [1.807, 2.05) is 6.08 Å². The lowest BCUT2D eigenvalue weighted by Gasteiger charge is -2.01. The fourth-order valence-electron chi connectivity index (χ4n) is 2.34. The van der Waals surface area contributed by atoms with Gasteiger partial charge < -0.3 is 0 Å². The van der Waals surface area contributed by atoms with Crippen LogP contribution in [0, 0.1) is 5.41 Å². The average molecular weight is 246 g/mol. The third kappa shape index (κ3) is 6.83. The highest BCUT2D eigenvalue weighted by Crippen LogP contribution is 2.48. The summed E-state index contributed by atoms with van der Waals surface area (Å²) < 4.78 is 0. The van der Waals surface area contributed by atoms with Crippen LogP contribution >= 0.6 is 0 Å². The molecule has 1 aliphatic rings. The molecule has 0 amide bonds. The van der Waals surface area contributed by atoms with Crippen molar-refractivity contribution in [1.82, 2.24) is 0 Å². The normalized spacial score (nSPS) is 16.9. The van der Waals surface area contributed by atoms with Crippen LogP contribution in [0.4, 0.5) is 0 Å². The van der Waals surface area contributed by atoms with Gasteiger partial charge in [0.1, 0.15) is 0 Å². The van der Waals surface area contributed by atoms with E-state index in [0.717, 1.165) is 0 Å². The van der Waals surface area contributed by atoms with E-state index in [9.17, 15) is 0 Å². The van der Waals surface area contributed by atoms with Crippen LogP contribution in [0.25, 0.3) is 0 Å². The van der Waals surface area contributed by atoms with Crippen molar-refractivity contribution in [2.45, 2.75) is 70.6 Å². The topological polar surface area (TPSA) is 0 Å². The molecule has 0 saturated heterocycles. The van der Waals surface area contributed by atoms with E-state index >= 15 is 0 Å². The molecule has 0 nitrogen and oxygen atoms in total. The van der Waals surface area contributed by atoms with Crippen LogP contribution < -0.4 is 0 Å². The van der Waals surface area contributed by atoms with Crippen LogP contribution in [0.15, 0.2) is 37.5 Å². The number of rotatable bonds is 12. The number of hydrogen-bond donors (Lipinski definition) is 0. The van der Waals surface area contributed by atoms with Crippen LogP contribution in [0.1, 0.15) is 70.6 Å². The first-order chi connectivity index (χ1) is 8.83. The van der Waals surface area contributed by atoms with Crippen LogP contribution in [-0.4, -0.2) is 0 Å². The van der Waals surface area contributed by atoms with Crippen molar-refractivity contribution in [3.8, 4) is 0 Å². The highest BCUT2D eigenvalue weighted by molar-refractivity contribution is 5.18. The SMILES string of the molecule is C=CCCCCCCCCCC=CC1(C=C)CC1. The molecule has 0 aliphatic heterocycles. The second kappa shape index (κ2) is 9.19. The molecule has 0 radical (unpaired) electrons. The first-order valence-corrected chi connectivity index (χ1v) is 7.75. The summed E-state index contributed by atoms with van der Waals surface area (Å²) >= 11 is 0. The van der Waals surface area contributed by atoms with Gasteiger partial charge in [0.25, 0.3) is 0 Å². The van der Waals surface area contributed by atoms with Gasteiger partial charge in [-0.05, 0) is 38.5 Å². The van der Waals surface area contributed by atoms with E-state index in [1.165, 1.54) is 70.6 Å². The Bertz CT molecular complexity index is 255. The van der Waals surface area contributed by atoms with E-state index in [0.29, 0.717) is 5.41 Å². The zero-order valence-electron chi connectivity index (χ0n) is 12.0. The highest BCUT2D eigenvalue weighted by atomic mass is 14.4. The molecule has 1 saturated carbocycles. The van der Waals surface area contributed by atoms with Crippen molar-refractivity contribution in [2.24, 2.45) is 5.41 Å². The van der Waals surface area contributed by atoms with Gasteiger partial charge in [0.2, 0.25) is 0 Å². The molecule has 0 bridgehead atoms. The smallest absolute Gasteiger partial charge is 0.00591 e. The van der Waals surface area contributed by atoms with Gasteiger partial charge in [0.05, 0.1) is 0 Å². The first kappa shape index (κ1) is 15.3. The third-order valence-corrected chi connectivity index (χ3v) is 3.96. The molecule has 1 rings (SSSR count). The molecule has 0 aromatic carbocycles. The summed E-state index contributed by atoms with van der Waals surface area (Å²) in [4.78, 5) is 0. The summed E-state index contributed by atoms with van der Waals surface area (Å²) in [7, 11) is 0. The van der Waals surface area contributed by atoms with Crippen molar-refractivity contribution in [2.75, 3.05) is 0 Å². The van der Waals surface area contributed by atoms with Gasteiger partial charge in [-0.1, -0.05) is 56.4 Å². The van der Waals surface area contributed by atoms with Gasteiger partial charge in [-0.15, -0.1) is 13.2 Å². The van der Waals surface area contributed by atoms with Gasteiger partial charge in [0, 0.05) is 5.41 Å². The molecule has 0 heteroatoms. The van der Waals surface area contributed by atoms with Crippen LogP contribution in [0.3, 0.4) is 0 Å². The van der Waals surface area contributed by atoms with Crippen molar-refractivity contribution >= 4 is 0 Å². The Labute approximate surface area is 114 Å². The maximum Gasteiger partial charge on any atom is 0.00591 e. The van der Waals surface area contributed by atoms with Crippen molar-refractivity contribution in [1.29, 1.82) is 0 Å². The summed E-state index contributed by atoms with van der Waals surface area (Å²) in [5.41, 5.74) is 0.408. The van der Waals surface area contributed by atoms with Gasteiger partial charge >= 0.3 is 0 Å². The lowest BCUT2D eigenvalue weighted by Crippen LogP contribution is -1.86. The molecular formula is C18H30. The maximum atomic E-state index is 3.91. The van der Waals surface area contributed by atoms with Crippen molar-refractivity contribution in [3.63, 3.8) is 0 Å². The molecule has 0 heterocycles. The van der Waals surface area contributed by atoms with Gasteiger partial charge in [-0.25, -0.2) is 0 Å². The van der Waals surface area contributed by atoms with Gasteiger partial charge in [-0.3, -0.25) is 0 Å². The number of hydrogen-bond acceptors (Lipinski definition) is 0. The summed E-state index contributed by atoms with van der Waals surface area (Å²) in [6.07, 6.45) is 23.7. The Morgan fingerprint density at radius 1 is 0.778 bits per heavy atom. The molecule has 0 aromatic heterocycles. The maximum absolute atomic E-state index is 3.91. The largest absolute Gasteiger partial charge is 0.103 e. The second-order valence-electron chi connectivity index (χ2n) is 5.68.